The highest BCUT2D eigenvalue weighted by Gasteiger charge is 2.12. The number of nitrogens with zero attached hydrogens (tertiary/aromatic N) is 3. The van der Waals surface area contributed by atoms with Gasteiger partial charge in [0.05, 0.1) is 0 Å². The van der Waals surface area contributed by atoms with E-state index in [1.165, 1.54) is 0 Å². The van der Waals surface area contributed by atoms with Gasteiger partial charge in [0.25, 0.3) is 5.91 Å². The van der Waals surface area contributed by atoms with E-state index >= 15 is 0 Å². The molecule has 0 aromatic carbocycles. The summed E-state index contributed by atoms with van der Waals surface area (Å²) in [6, 6.07) is 3.23. The van der Waals surface area contributed by atoms with E-state index in [0.717, 1.165) is 0 Å². The number of amides is 1. The summed E-state index contributed by atoms with van der Waals surface area (Å²) >= 11 is 0. The monoisotopic (exact) mass is 273 g/mol. The summed E-state index contributed by atoms with van der Waals surface area (Å²) < 4.78 is 4.88. The third-order valence-electron chi connectivity index (χ3n) is 2.36. The number of hydrogen-bond acceptors (Lipinski definition) is 6. The second kappa shape index (κ2) is 5.96. The summed E-state index contributed by atoms with van der Waals surface area (Å²) in [4.78, 5) is 20.4. The summed E-state index contributed by atoms with van der Waals surface area (Å²) in [5.41, 5.74) is 0.942. The van der Waals surface area contributed by atoms with Crippen molar-refractivity contribution in [2.75, 3.05) is 17.2 Å². The number of rotatable bonds is 5. The Morgan fingerprint density at radius 3 is 2.85 bits per heavy atom. The topological polar surface area (TPSA) is 92.9 Å². The third kappa shape index (κ3) is 3.41. The molecule has 20 heavy (non-hydrogen) atoms. The van der Waals surface area contributed by atoms with Gasteiger partial charge in [0.2, 0.25) is 5.95 Å². The van der Waals surface area contributed by atoms with E-state index in [4.69, 9.17) is 4.52 Å². The fourth-order valence-corrected chi connectivity index (χ4v) is 1.53. The van der Waals surface area contributed by atoms with Crippen LogP contribution in [0.3, 0.4) is 0 Å². The maximum atomic E-state index is 12.1. The van der Waals surface area contributed by atoms with Gasteiger partial charge in [-0.2, -0.15) is 0 Å². The molecule has 7 heteroatoms. The molecule has 0 saturated heterocycles. The number of carbonyl (C=O) groups excluding carboxylic acids is 1. The smallest absolute Gasteiger partial charge is 0.275 e. The van der Waals surface area contributed by atoms with Crippen molar-refractivity contribution < 1.29 is 9.32 Å². The summed E-state index contributed by atoms with van der Waals surface area (Å²) in [5, 5.41) is 9.25. The van der Waals surface area contributed by atoms with Crippen molar-refractivity contribution >= 4 is 17.7 Å². The van der Waals surface area contributed by atoms with Crippen LogP contribution in [0.2, 0.25) is 0 Å². The lowest BCUT2D eigenvalue weighted by Gasteiger charge is -2.06. The molecule has 0 unspecified atom stereocenters. The highest BCUT2D eigenvalue weighted by Crippen LogP contribution is 2.10. The number of anilines is 2. The number of nitrogens with one attached hydrogen (secondary N) is 2. The maximum absolute atomic E-state index is 12.1. The van der Waals surface area contributed by atoms with Gasteiger partial charge in [-0.25, -0.2) is 9.97 Å². The van der Waals surface area contributed by atoms with Gasteiger partial charge in [0, 0.05) is 18.3 Å². The predicted molar refractivity (Wildman–Crippen MR) is 74.6 cm³/mol. The lowest BCUT2D eigenvalue weighted by Crippen LogP contribution is -2.16. The minimum atomic E-state index is -0.370. The van der Waals surface area contributed by atoms with Gasteiger partial charge in [0.15, 0.2) is 5.82 Å². The molecule has 2 rings (SSSR count). The molecular formula is C13H15N5O2. The van der Waals surface area contributed by atoms with E-state index < -0.39 is 0 Å². The molecule has 0 bridgehead atoms. The first kappa shape index (κ1) is 13.7. The van der Waals surface area contributed by atoms with Crippen molar-refractivity contribution in [2.45, 2.75) is 13.8 Å². The Hall–Kier alpha value is -2.70. The molecule has 0 aliphatic carbocycles. The predicted octanol–water partition coefficient (Wildman–Crippen LogP) is 1.93. The second-order valence-corrected chi connectivity index (χ2v) is 4.16. The minimum absolute atomic E-state index is 0.254. The Bertz CT molecular complexity index is 635. The Kier molecular flexibility index (Phi) is 4.09. The highest BCUT2D eigenvalue weighted by molar-refractivity contribution is 6.02. The normalized spacial score (nSPS) is 10.1. The van der Waals surface area contributed by atoms with E-state index in [1.54, 1.807) is 32.1 Å². The molecule has 104 valence electrons. The molecule has 2 aromatic heterocycles. The molecule has 0 aliphatic rings. The first-order chi connectivity index (χ1) is 9.58. The zero-order chi connectivity index (χ0) is 14.5. The Morgan fingerprint density at radius 1 is 1.40 bits per heavy atom. The number of aryl methyl sites for hydroxylation is 2. The molecule has 0 fully saturated rings. The van der Waals surface area contributed by atoms with E-state index in [0.29, 0.717) is 29.8 Å². The molecule has 2 N–H and O–H groups in total. The van der Waals surface area contributed by atoms with Crippen LogP contribution in [0.1, 0.15) is 21.9 Å². The Balaban J connectivity index is 2.16. The van der Waals surface area contributed by atoms with Crippen LogP contribution in [-0.4, -0.2) is 27.6 Å². The number of aromatic nitrogens is 3. The number of carbonyl (C=O) groups is 1. The Labute approximate surface area is 116 Å². The van der Waals surface area contributed by atoms with Crippen LogP contribution in [0.15, 0.2) is 29.3 Å². The third-order valence-corrected chi connectivity index (χ3v) is 2.36. The molecule has 2 aromatic rings. The summed E-state index contributed by atoms with van der Waals surface area (Å²) in [7, 11) is 0. The average Bonchev–Trinajstić information content (AvgIpc) is 2.81. The first-order valence-electron chi connectivity index (χ1n) is 6.03. The highest BCUT2D eigenvalue weighted by atomic mass is 16.5. The zero-order valence-corrected chi connectivity index (χ0v) is 11.3. The molecule has 7 nitrogen and oxygen atoms in total. The van der Waals surface area contributed by atoms with Crippen molar-refractivity contribution in [3.63, 3.8) is 0 Å². The molecule has 0 aliphatic heterocycles. The number of hydrogen-bond donors (Lipinski definition) is 2. The Morgan fingerprint density at radius 2 is 2.20 bits per heavy atom. The standard InChI is InChI=1S/C13H15N5O2/c1-4-5-14-13-15-8(2)6-10(16-13)12(19)17-11-7-9(3)20-18-11/h4,6-7H,1,5H2,2-3H3,(H,14,15,16)(H,17,18,19). The molecule has 2 heterocycles. The fourth-order valence-electron chi connectivity index (χ4n) is 1.53. The van der Waals surface area contributed by atoms with Gasteiger partial charge in [-0.05, 0) is 19.9 Å². The first-order valence-corrected chi connectivity index (χ1v) is 6.03. The van der Waals surface area contributed by atoms with E-state index in [1.807, 2.05) is 0 Å². The summed E-state index contributed by atoms with van der Waals surface area (Å²) in [5.74, 6) is 0.980. The fraction of sp³-hybridized carbons (Fsp3) is 0.231. The van der Waals surface area contributed by atoms with Crippen molar-refractivity contribution in [2.24, 2.45) is 0 Å². The average molecular weight is 273 g/mol. The van der Waals surface area contributed by atoms with Crippen molar-refractivity contribution in [3.8, 4) is 0 Å². The minimum Gasteiger partial charge on any atom is -0.360 e. The van der Waals surface area contributed by atoms with Gasteiger partial charge < -0.3 is 15.2 Å². The van der Waals surface area contributed by atoms with Gasteiger partial charge in [-0.15, -0.1) is 6.58 Å². The van der Waals surface area contributed by atoms with Crippen LogP contribution in [0.4, 0.5) is 11.8 Å². The van der Waals surface area contributed by atoms with Crippen molar-refractivity contribution in [3.05, 3.63) is 41.9 Å². The van der Waals surface area contributed by atoms with E-state index in [9.17, 15) is 4.79 Å². The summed E-state index contributed by atoms with van der Waals surface area (Å²) in [6.45, 7) is 7.65. The SMILES string of the molecule is C=CCNc1nc(C)cc(C(=O)Nc2cc(C)on2)n1. The second-order valence-electron chi connectivity index (χ2n) is 4.16. The van der Waals surface area contributed by atoms with Crippen LogP contribution >= 0.6 is 0 Å². The van der Waals surface area contributed by atoms with Crippen LogP contribution < -0.4 is 10.6 Å². The molecule has 0 radical (unpaired) electrons. The molecule has 0 saturated carbocycles. The van der Waals surface area contributed by atoms with Gasteiger partial charge in [-0.1, -0.05) is 11.2 Å². The van der Waals surface area contributed by atoms with Gasteiger partial charge >= 0.3 is 0 Å². The van der Waals surface area contributed by atoms with Crippen LogP contribution in [0.5, 0.6) is 0 Å². The van der Waals surface area contributed by atoms with Crippen LogP contribution in [0.25, 0.3) is 0 Å². The van der Waals surface area contributed by atoms with E-state index in [-0.39, 0.29) is 11.6 Å². The molecule has 1 amide bonds. The molecular weight excluding hydrogens is 258 g/mol. The largest absolute Gasteiger partial charge is 0.360 e. The van der Waals surface area contributed by atoms with E-state index in [2.05, 4.69) is 32.3 Å². The summed E-state index contributed by atoms with van der Waals surface area (Å²) in [6.07, 6.45) is 1.68. The zero-order valence-electron chi connectivity index (χ0n) is 11.3. The molecule has 0 spiro atoms. The van der Waals surface area contributed by atoms with Crippen LogP contribution in [-0.2, 0) is 0 Å². The lowest BCUT2D eigenvalue weighted by atomic mass is 10.3. The van der Waals surface area contributed by atoms with Crippen molar-refractivity contribution in [1.82, 2.24) is 15.1 Å². The van der Waals surface area contributed by atoms with Crippen LogP contribution in [0, 0.1) is 13.8 Å². The quantitative estimate of drug-likeness (QED) is 0.808. The van der Waals surface area contributed by atoms with Crippen molar-refractivity contribution in [1.29, 1.82) is 0 Å². The maximum Gasteiger partial charge on any atom is 0.275 e. The van der Waals surface area contributed by atoms with Gasteiger partial charge in [-0.3, -0.25) is 4.79 Å². The molecule has 0 atom stereocenters. The lowest BCUT2D eigenvalue weighted by molar-refractivity contribution is 0.102. The van der Waals surface area contributed by atoms with Gasteiger partial charge in [0.1, 0.15) is 11.5 Å².